The molecule has 4 nitrogen and oxygen atoms in total. The Labute approximate surface area is 138 Å². The van der Waals surface area contributed by atoms with E-state index in [0.717, 1.165) is 16.3 Å². The average molecular weight is 325 g/mol. The van der Waals surface area contributed by atoms with Crippen molar-refractivity contribution in [3.05, 3.63) is 71.2 Å². The van der Waals surface area contributed by atoms with E-state index in [1.165, 1.54) is 7.11 Å². The van der Waals surface area contributed by atoms with E-state index in [9.17, 15) is 4.79 Å². The molecular weight excluding hydrogens is 310 g/mol. The number of benzene rings is 2. The number of hydrogen-bond donors (Lipinski definition) is 0. The van der Waals surface area contributed by atoms with Gasteiger partial charge in [0.15, 0.2) is 0 Å². The molecule has 0 spiro atoms. The van der Waals surface area contributed by atoms with Gasteiger partial charge in [0.2, 0.25) is 0 Å². The van der Waals surface area contributed by atoms with E-state index in [4.69, 9.17) is 4.74 Å². The Morgan fingerprint density at radius 3 is 2.52 bits per heavy atom. The van der Waals surface area contributed by atoms with Gasteiger partial charge in [-0.25, -0.2) is 9.78 Å². The molecule has 1 aromatic heterocycles. The SMILES string of the molecule is COC(=O)c1ccc(OCc2csc(-c3ccccc3)n2)cc1. The molecule has 0 aliphatic rings. The summed E-state index contributed by atoms with van der Waals surface area (Å²) in [5.74, 6) is 0.329. The van der Waals surface area contributed by atoms with E-state index < -0.39 is 0 Å². The number of ether oxygens (including phenoxy) is 2. The highest BCUT2D eigenvalue weighted by Gasteiger charge is 2.07. The van der Waals surface area contributed by atoms with Gasteiger partial charge >= 0.3 is 5.97 Å². The van der Waals surface area contributed by atoms with E-state index in [0.29, 0.717) is 17.9 Å². The Balaban J connectivity index is 1.63. The quantitative estimate of drug-likeness (QED) is 0.660. The van der Waals surface area contributed by atoms with Crippen molar-refractivity contribution in [1.82, 2.24) is 4.98 Å². The third kappa shape index (κ3) is 3.76. The first kappa shape index (κ1) is 15.2. The zero-order valence-corrected chi connectivity index (χ0v) is 13.4. The number of esters is 1. The van der Waals surface area contributed by atoms with Crippen molar-refractivity contribution >= 4 is 17.3 Å². The number of aromatic nitrogens is 1. The van der Waals surface area contributed by atoms with Crippen LogP contribution in [0.25, 0.3) is 10.6 Å². The first-order chi connectivity index (χ1) is 11.3. The Hall–Kier alpha value is -2.66. The van der Waals surface area contributed by atoms with E-state index >= 15 is 0 Å². The average Bonchev–Trinajstić information content (AvgIpc) is 3.09. The first-order valence-electron chi connectivity index (χ1n) is 7.07. The summed E-state index contributed by atoms with van der Waals surface area (Å²) in [5.41, 5.74) is 2.48. The van der Waals surface area contributed by atoms with Crippen LogP contribution in [0.3, 0.4) is 0 Å². The number of methoxy groups -OCH3 is 1. The molecule has 1 heterocycles. The number of rotatable bonds is 5. The Kier molecular flexibility index (Phi) is 4.68. The maximum Gasteiger partial charge on any atom is 0.337 e. The summed E-state index contributed by atoms with van der Waals surface area (Å²) in [5, 5.41) is 2.97. The van der Waals surface area contributed by atoms with Crippen LogP contribution in [0.15, 0.2) is 60.0 Å². The van der Waals surface area contributed by atoms with Gasteiger partial charge in [-0.3, -0.25) is 0 Å². The molecular formula is C18H15NO3S. The monoisotopic (exact) mass is 325 g/mol. The van der Waals surface area contributed by atoms with Crippen LogP contribution < -0.4 is 4.74 Å². The summed E-state index contributed by atoms with van der Waals surface area (Å²) < 4.78 is 10.4. The van der Waals surface area contributed by atoms with E-state index in [2.05, 4.69) is 9.72 Å². The molecule has 0 amide bonds. The van der Waals surface area contributed by atoms with Gasteiger partial charge in [-0.15, -0.1) is 11.3 Å². The molecule has 23 heavy (non-hydrogen) atoms. The number of hydrogen-bond acceptors (Lipinski definition) is 5. The molecule has 0 aliphatic heterocycles. The zero-order valence-electron chi connectivity index (χ0n) is 12.6. The van der Waals surface area contributed by atoms with Crippen LogP contribution in [-0.2, 0) is 11.3 Å². The third-order valence-corrected chi connectivity index (χ3v) is 4.17. The maximum absolute atomic E-state index is 11.4. The van der Waals surface area contributed by atoms with Gasteiger partial charge in [-0.1, -0.05) is 30.3 Å². The van der Waals surface area contributed by atoms with E-state index in [1.54, 1.807) is 35.6 Å². The Morgan fingerprint density at radius 1 is 1.09 bits per heavy atom. The van der Waals surface area contributed by atoms with Gasteiger partial charge in [-0.05, 0) is 24.3 Å². The standard InChI is InChI=1S/C18H15NO3S/c1-21-18(20)14-7-9-16(10-8-14)22-11-15-12-23-17(19-15)13-5-3-2-4-6-13/h2-10,12H,11H2,1H3. The van der Waals surface area contributed by atoms with E-state index in [1.807, 2.05) is 35.7 Å². The van der Waals surface area contributed by atoms with Crippen LogP contribution in [0, 0.1) is 0 Å². The molecule has 0 radical (unpaired) electrons. The van der Waals surface area contributed by atoms with Gasteiger partial charge < -0.3 is 9.47 Å². The second-order valence-corrected chi connectivity index (χ2v) is 5.67. The number of nitrogens with zero attached hydrogens (tertiary/aromatic N) is 1. The molecule has 0 bridgehead atoms. The van der Waals surface area contributed by atoms with Crippen molar-refractivity contribution in [3.8, 4) is 16.3 Å². The molecule has 2 aromatic carbocycles. The van der Waals surface area contributed by atoms with Crippen LogP contribution in [0.4, 0.5) is 0 Å². The molecule has 0 unspecified atom stereocenters. The zero-order chi connectivity index (χ0) is 16.1. The summed E-state index contributed by atoms with van der Waals surface area (Å²) >= 11 is 1.59. The fourth-order valence-corrected chi connectivity index (χ4v) is 2.86. The lowest BCUT2D eigenvalue weighted by molar-refractivity contribution is 0.0600. The summed E-state index contributed by atoms with van der Waals surface area (Å²) in [4.78, 5) is 15.9. The predicted octanol–water partition coefficient (Wildman–Crippen LogP) is 4.18. The van der Waals surface area contributed by atoms with Crippen LogP contribution in [0.5, 0.6) is 5.75 Å². The molecule has 0 N–H and O–H groups in total. The topological polar surface area (TPSA) is 48.4 Å². The maximum atomic E-state index is 11.4. The van der Waals surface area contributed by atoms with Crippen LogP contribution in [0.2, 0.25) is 0 Å². The van der Waals surface area contributed by atoms with Crippen LogP contribution in [-0.4, -0.2) is 18.1 Å². The fourth-order valence-electron chi connectivity index (χ4n) is 2.05. The van der Waals surface area contributed by atoms with Crippen molar-refractivity contribution in [1.29, 1.82) is 0 Å². The highest BCUT2D eigenvalue weighted by molar-refractivity contribution is 7.13. The van der Waals surface area contributed by atoms with Crippen molar-refractivity contribution in [2.75, 3.05) is 7.11 Å². The largest absolute Gasteiger partial charge is 0.487 e. The van der Waals surface area contributed by atoms with Crippen molar-refractivity contribution in [3.63, 3.8) is 0 Å². The second-order valence-electron chi connectivity index (χ2n) is 4.81. The lowest BCUT2D eigenvalue weighted by Crippen LogP contribution is -2.01. The van der Waals surface area contributed by atoms with E-state index in [-0.39, 0.29) is 5.97 Å². The summed E-state index contributed by atoms with van der Waals surface area (Å²) in [6.07, 6.45) is 0. The molecule has 0 aliphatic carbocycles. The molecule has 116 valence electrons. The van der Waals surface area contributed by atoms with Gasteiger partial charge in [0.25, 0.3) is 0 Å². The molecule has 0 saturated carbocycles. The minimum atomic E-state index is -0.358. The van der Waals surface area contributed by atoms with Gasteiger partial charge in [0, 0.05) is 10.9 Å². The number of thiazole rings is 1. The third-order valence-electron chi connectivity index (χ3n) is 3.23. The van der Waals surface area contributed by atoms with Crippen molar-refractivity contribution in [2.45, 2.75) is 6.61 Å². The summed E-state index contributed by atoms with van der Waals surface area (Å²) in [7, 11) is 1.36. The minimum Gasteiger partial charge on any atom is -0.487 e. The lowest BCUT2D eigenvalue weighted by atomic mass is 10.2. The Bertz CT molecular complexity index is 782. The van der Waals surface area contributed by atoms with Gasteiger partial charge in [0.1, 0.15) is 17.4 Å². The first-order valence-corrected chi connectivity index (χ1v) is 7.95. The predicted molar refractivity (Wildman–Crippen MR) is 89.7 cm³/mol. The molecule has 0 saturated heterocycles. The smallest absolute Gasteiger partial charge is 0.337 e. The van der Waals surface area contributed by atoms with Crippen molar-refractivity contribution < 1.29 is 14.3 Å². The lowest BCUT2D eigenvalue weighted by Gasteiger charge is -2.05. The molecule has 3 rings (SSSR count). The normalized spacial score (nSPS) is 10.3. The minimum absolute atomic E-state index is 0.358. The van der Waals surface area contributed by atoms with Crippen LogP contribution in [0.1, 0.15) is 16.1 Å². The molecule has 5 heteroatoms. The summed E-state index contributed by atoms with van der Waals surface area (Å²) in [6, 6.07) is 16.9. The molecule has 3 aromatic rings. The second kappa shape index (κ2) is 7.07. The van der Waals surface area contributed by atoms with Gasteiger partial charge in [-0.2, -0.15) is 0 Å². The molecule has 0 fully saturated rings. The molecule has 0 atom stereocenters. The van der Waals surface area contributed by atoms with Crippen LogP contribution >= 0.6 is 11.3 Å². The highest BCUT2D eigenvalue weighted by atomic mass is 32.1. The number of carbonyl (C=O) groups is 1. The highest BCUT2D eigenvalue weighted by Crippen LogP contribution is 2.24. The summed E-state index contributed by atoms with van der Waals surface area (Å²) in [6.45, 7) is 0.390. The fraction of sp³-hybridized carbons (Fsp3) is 0.111. The van der Waals surface area contributed by atoms with Crippen molar-refractivity contribution in [2.24, 2.45) is 0 Å². The Morgan fingerprint density at radius 2 is 1.83 bits per heavy atom. The number of carbonyl (C=O) groups excluding carboxylic acids is 1. The van der Waals surface area contributed by atoms with Gasteiger partial charge in [0.05, 0.1) is 18.4 Å².